The van der Waals surface area contributed by atoms with E-state index in [9.17, 15) is 0 Å². The first kappa shape index (κ1) is 14.5. The number of methoxy groups -OCH3 is 1. The van der Waals surface area contributed by atoms with Gasteiger partial charge in [0.25, 0.3) is 0 Å². The zero-order valence-electron chi connectivity index (χ0n) is 13.3. The summed E-state index contributed by atoms with van der Waals surface area (Å²) < 4.78 is 13.6. The third kappa shape index (κ3) is 2.67. The number of rotatable bonds is 5. The monoisotopic (exact) mass is 295 g/mol. The highest BCUT2D eigenvalue weighted by atomic mass is 16.5. The zero-order valence-corrected chi connectivity index (χ0v) is 13.3. The number of ether oxygens (including phenoxy) is 2. The van der Waals surface area contributed by atoms with Crippen LogP contribution in [0.4, 0.5) is 0 Å². The predicted octanol–water partition coefficient (Wildman–Crippen LogP) is 4.56. The molecule has 0 aliphatic rings. The van der Waals surface area contributed by atoms with E-state index in [0.717, 1.165) is 18.0 Å². The molecule has 0 radical (unpaired) electrons. The minimum Gasteiger partial charge on any atom is -0.493 e. The van der Waals surface area contributed by atoms with Gasteiger partial charge >= 0.3 is 0 Å². The maximum absolute atomic E-state index is 5.97. The molecule has 114 valence electrons. The molecule has 0 aliphatic carbocycles. The van der Waals surface area contributed by atoms with Gasteiger partial charge in [-0.05, 0) is 37.6 Å². The highest BCUT2D eigenvalue weighted by molar-refractivity contribution is 5.84. The topological polar surface area (TPSA) is 23.4 Å². The van der Waals surface area contributed by atoms with Gasteiger partial charge in [0.15, 0.2) is 11.5 Å². The number of aromatic nitrogens is 1. The lowest BCUT2D eigenvalue weighted by Crippen LogP contribution is -1.97. The van der Waals surface area contributed by atoms with Crippen LogP contribution in [0.2, 0.25) is 0 Å². The lowest BCUT2D eigenvalue weighted by Gasteiger charge is -2.09. The minimum atomic E-state index is 0.535. The lowest BCUT2D eigenvalue weighted by atomic mass is 10.1. The average molecular weight is 295 g/mol. The van der Waals surface area contributed by atoms with Gasteiger partial charge in [-0.25, -0.2) is 0 Å². The molecule has 0 aliphatic heterocycles. The molecule has 0 saturated carbocycles. The van der Waals surface area contributed by atoms with Gasteiger partial charge in [-0.3, -0.25) is 0 Å². The second kappa shape index (κ2) is 6.14. The Labute approximate surface area is 131 Å². The molecule has 1 aromatic heterocycles. The molecule has 0 fully saturated rings. The Bertz CT molecular complexity index is 789. The van der Waals surface area contributed by atoms with E-state index in [-0.39, 0.29) is 0 Å². The van der Waals surface area contributed by atoms with Crippen LogP contribution in [0, 0.1) is 6.92 Å². The molecule has 0 atom stereocenters. The summed E-state index contributed by atoms with van der Waals surface area (Å²) in [5.41, 5.74) is 3.74. The van der Waals surface area contributed by atoms with E-state index in [0.29, 0.717) is 6.61 Å². The van der Waals surface area contributed by atoms with Crippen molar-refractivity contribution in [3.05, 3.63) is 59.8 Å². The molecule has 0 spiro atoms. The summed E-state index contributed by atoms with van der Waals surface area (Å²) in [5.74, 6) is 1.53. The average Bonchev–Trinajstić information content (AvgIpc) is 2.90. The van der Waals surface area contributed by atoms with Crippen molar-refractivity contribution in [3.8, 4) is 11.5 Å². The Morgan fingerprint density at radius 2 is 1.82 bits per heavy atom. The fourth-order valence-corrected chi connectivity index (χ4v) is 2.75. The molecule has 0 saturated heterocycles. The van der Waals surface area contributed by atoms with E-state index in [2.05, 4.69) is 42.8 Å². The molecule has 3 nitrogen and oxygen atoms in total. The number of hydrogen-bond donors (Lipinski definition) is 0. The molecule has 0 amide bonds. The van der Waals surface area contributed by atoms with E-state index in [1.54, 1.807) is 7.11 Å². The van der Waals surface area contributed by atoms with Crippen molar-refractivity contribution >= 4 is 10.9 Å². The number of aryl methyl sites for hydroxylation is 2. The lowest BCUT2D eigenvalue weighted by molar-refractivity contribution is 0.285. The Balaban J connectivity index is 1.91. The number of benzene rings is 2. The Morgan fingerprint density at radius 1 is 1.05 bits per heavy atom. The highest BCUT2D eigenvalue weighted by Gasteiger charge is 2.10. The van der Waals surface area contributed by atoms with E-state index in [1.807, 2.05) is 24.3 Å². The molecule has 3 heteroatoms. The minimum absolute atomic E-state index is 0.535. The van der Waals surface area contributed by atoms with Crippen LogP contribution in [-0.4, -0.2) is 11.7 Å². The van der Waals surface area contributed by atoms with Gasteiger partial charge in [0.05, 0.1) is 7.11 Å². The van der Waals surface area contributed by atoms with Crippen molar-refractivity contribution in [3.63, 3.8) is 0 Å². The van der Waals surface area contributed by atoms with Crippen LogP contribution in [-0.2, 0) is 13.2 Å². The largest absolute Gasteiger partial charge is 0.493 e. The number of hydrogen-bond acceptors (Lipinski definition) is 2. The van der Waals surface area contributed by atoms with Crippen molar-refractivity contribution < 1.29 is 9.47 Å². The molecule has 0 bridgehead atoms. The summed E-state index contributed by atoms with van der Waals surface area (Å²) in [7, 11) is 1.66. The van der Waals surface area contributed by atoms with Gasteiger partial charge < -0.3 is 14.0 Å². The summed E-state index contributed by atoms with van der Waals surface area (Å²) in [6.45, 7) is 5.77. The first-order chi connectivity index (χ1) is 10.7. The number of nitrogens with zero attached hydrogens (tertiary/aromatic N) is 1. The molecule has 2 aromatic carbocycles. The third-order valence-electron chi connectivity index (χ3n) is 3.91. The van der Waals surface area contributed by atoms with E-state index < -0.39 is 0 Å². The maximum Gasteiger partial charge on any atom is 0.161 e. The van der Waals surface area contributed by atoms with Gasteiger partial charge in [-0.15, -0.1) is 0 Å². The molecule has 0 N–H and O–H groups in total. The smallest absolute Gasteiger partial charge is 0.161 e. The second-order valence-electron chi connectivity index (χ2n) is 5.40. The first-order valence-corrected chi connectivity index (χ1v) is 7.57. The fourth-order valence-electron chi connectivity index (χ4n) is 2.75. The standard InChI is InChI=1S/C19H21NO2/c1-4-20-12-15(16-10-9-14(2)11-17(16)20)13-22-19-8-6-5-7-18(19)21-3/h5-12H,4,13H2,1-3H3. The van der Waals surface area contributed by atoms with Crippen LogP contribution in [0.1, 0.15) is 18.1 Å². The molecule has 1 heterocycles. The quantitative estimate of drug-likeness (QED) is 0.689. The molecular weight excluding hydrogens is 274 g/mol. The van der Waals surface area contributed by atoms with Gasteiger partial charge in [0.1, 0.15) is 6.61 Å². The SMILES string of the molecule is CCn1cc(COc2ccccc2OC)c2ccc(C)cc21. The van der Waals surface area contributed by atoms with E-state index in [4.69, 9.17) is 9.47 Å². The van der Waals surface area contributed by atoms with Crippen molar-refractivity contribution in [2.45, 2.75) is 27.0 Å². The Morgan fingerprint density at radius 3 is 2.55 bits per heavy atom. The zero-order chi connectivity index (χ0) is 15.5. The van der Waals surface area contributed by atoms with Crippen LogP contribution >= 0.6 is 0 Å². The third-order valence-corrected chi connectivity index (χ3v) is 3.91. The normalized spacial score (nSPS) is 10.9. The first-order valence-electron chi connectivity index (χ1n) is 7.57. The van der Waals surface area contributed by atoms with Crippen LogP contribution in [0.25, 0.3) is 10.9 Å². The summed E-state index contributed by atoms with van der Waals surface area (Å²) in [6, 6.07) is 14.3. The highest BCUT2D eigenvalue weighted by Crippen LogP contribution is 2.29. The van der Waals surface area contributed by atoms with Crippen LogP contribution in [0.3, 0.4) is 0 Å². The Kier molecular flexibility index (Phi) is 4.05. The summed E-state index contributed by atoms with van der Waals surface area (Å²) in [4.78, 5) is 0. The van der Waals surface area contributed by atoms with E-state index >= 15 is 0 Å². The van der Waals surface area contributed by atoms with E-state index in [1.165, 1.54) is 22.0 Å². The Hall–Kier alpha value is -2.42. The molecule has 22 heavy (non-hydrogen) atoms. The second-order valence-corrected chi connectivity index (χ2v) is 5.40. The van der Waals surface area contributed by atoms with Gasteiger partial charge in [0, 0.05) is 29.2 Å². The van der Waals surface area contributed by atoms with Crippen molar-refractivity contribution in [1.82, 2.24) is 4.57 Å². The molecule has 0 unspecified atom stereocenters. The van der Waals surface area contributed by atoms with Crippen LogP contribution in [0.15, 0.2) is 48.7 Å². The van der Waals surface area contributed by atoms with Gasteiger partial charge in [-0.2, -0.15) is 0 Å². The van der Waals surface area contributed by atoms with Crippen molar-refractivity contribution in [2.75, 3.05) is 7.11 Å². The maximum atomic E-state index is 5.97. The predicted molar refractivity (Wildman–Crippen MR) is 89.7 cm³/mol. The van der Waals surface area contributed by atoms with Gasteiger partial charge in [-0.1, -0.05) is 24.3 Å². The summed E-state index contributed by atoms with van der Waals surface area (Å²) >= 11 is 0. The van der Waals surface area contributed by atoms with Crippen molar-refractivity contribution in [2.24, 2.45) is 0 Å². The molecule has 3 aromatic rings. The van der Waals surface area contributed by atoms with Crippen molar-refractivity contribution in [1.29, 1.82) is 0 Å². The summed E-state index contributed by atoms with van der Waals surface area (Å²) in [6.07, 6.45) is 2.18. The molecule has 3 rings (SSSR count). The van der Waals surface area contributed by atoms with Gasteiger partial charge in [0.2, 0.25) is 0 Å². The fraction of sp³-hybridized carbons (Fsp3) is 0.263. The van der Waals surface area contributed by atoms with Crippen LogP contribution < -0.4 is 9.47 Å². The number of fused-ring (bicyclic) bond motifs is 1. The number of para-hydroxylation sites is 2. The molecular formula is C19H21NO2. The van der Waals surface area contributed by atoms with Crippen LogP contribution in [0.5, 0.6) is 11.5 Å². The summed E-state index contributed by atoms with van der Waals surface area (Å²) in [5, 5.41) is 1.25.